The Hall–Kier alpha value is -1.09. The maximum absolute atomic E-state index is 11.0. The van der Waals surface area contributed by atoms with Crippen LogP contribution in [0.1, 0.15) is 19.4 Å². The lowest BCUT2D eigenvalue weighted by Crippen LogP contribution is -2.12. The molecule has 0 aliphatic heterocycles. The van der Waals surface area contributed by atoms with E-state index in [0.29, 0.717) is 5.57 Å². The molecule has 0 radical (unpaired) electrons. The topological polar surface area (TPSA) is 43.1 Å². The number of hydrogen-bond acceptors (Lipinski definition) is 1. The van der Waals surface area contributed by atoms with Crippen LogP contribution in [-0.2, 0) is 4.79 Å². The van der Waals surface area contributed by atoms with Gasteiger partial charge in [0, 0.05) is 10.0 Å². The molecular weight excluding hydrogens is 242 g/mol. The minimum Gasteiger partial charge on any atom is -0.366 e. The highest BCUT2D eigenvalue weighted by Crippen LogP contribution is 2.21. The largest absolute Gasteiger partial charge is 0.366 e. The first kappa shape index (κ1) is 11.0. The van der Waals surface area contributed by atoms with Gasteiger partial charge in [-0.25, -0.2) is 0 Å². The van der Waals surface area contributed by atoms with Crippen LogP contribution < -0.4 is 5.73 Å². The van der Waals surface area contributed by atoms with E-state index in [9.17, 15) is 4.79 Å². The van der Waals surface area contributed by atoms with Gasteiger partial charge in [-0.05, 0) is 37.1 Å². The number of rotatable bonds is 2. The summed E-state index contributed by atoms with van der Waals surface area (Å²) < 4.78 is 0.992. The highest BCUT2D eigenvalue weighted by atomic mass is 79.9. The van der Waals surface area contributed by atoms with Crippen LogP contribution in [-0.4, -0.2) is 5.91 Å². The van der Waals surface area contributed by atoms with Crippen LogP contribution in [0.2, 0.25) is 0 Å². The molecule has 0 aromatic heterocycles. The predicted octanol–water partition coefficient (Wildman–Crippen LogP) is 2.73. The van der Waals surface area contributed by atoms with Gasteiger partial charge in [-0.2, -0.15) is 0 Å². The third kappa shape index (κ3) is 2.45. The molecule has 0 aliphatic rings. The Labute approximate surface area is 91.9 Å². The lowest BCUT2D eigenvalue weighted by Gasteiger charge is -2.05. The van der Waals surface area contributed by atoms with E-state index in [1.54, 1.807) is 6.92 Å². The number of primary amides is 1. The molecule has 14 heavy (non-hydrogen) atoms. The predicted molar refractivity (Wildman–Crippen MR) is 61.6 cm³/mol. The van der Waals surface area contributed by atoms with Gasteiger partial charge in [0.25, 0.3) is 0 Å². The molecule has 1 aromatic rings. The summed E-state index contributed by atoms with van der Waals surface area (Å²) in [5, 5.41) is 0. The fraction of sp³-hybridized carbons (Fsp3) is 0.182. The number of benzene rings is 1. The molecule has 0 atom stereocenters. The van der Waals surface area contributed by atoms with E-state index in [1.165, 1.54) is 0 Å². The Morgan fingerprint density at radius 3 is 2.50 bits per heavy atom. The highest BCUT2D eigenvalue weighted by molar-refractivity contribution is 9.10. The Bertz CT molecular complexity index is 396. The van der Waals surface area contributed by atoms with Crippen molar-refractivity contribution in [3.8, 4) is 0 Å². The number of amides is 1. The summed E-state index contributed by atoms with van der Waals surface area (Å²) in [5.74, 6) is -0.373. The second-order valence-electron chi connectivity index (χ2n) is 3.12. The van der Waals surface area contributed by atoms with Crippen molar-refractivity contribution in [1.29, 1.82) is 0 Å². The first-order valence-corrected chi connectivity index (χ1v) is 5.05. The Morgan fingerprint density at radius 1 is 1.36 bits per heavy atom. The van der Waals surface area contributed by atoms with Crippen LogP contribution in [0.15, 0.2) is 34.3 Å². The van der Waals surface area contributed by atoms with E-state index in [2.05, 4.69) is 15.9 Å². The molecule has 0 fully saturated rings. The molecule has 0 spiro atoms. The molecule has 74 valence electrons. The van der Waals surface area contributed by atoms with Crippen molar-refractivity contribution in [2.75, 3.05) is 0 Å². The normalized spacial score (nSPS) is 12.2. The average Bonchev–Trinajstić information content (AvgIpc) is 2.15. The molecule has 2 N–H and O–H groups in total. The molecule has 0 saturated heterocycles. The first-order chi connectivity index (χ1) is 6.52. The van der Waals surface area contributed by atoms with Crippen LogP contribution >= 0.6 is 15.9 Å². The number of carbonyl (C=O) groups is 1. The Kier molecular flexibility index (Phi) is 3.47. The molecule has 0 aliphatic carbocycles. The summed E-state index contributed by atoms with van der Waals surface area (Å²) in [4.78, 5) is 11.0. The lowest BCUT2D eigenvalue weighted by molar-refractivity contribution is -0.114. The van der Waals surface area contributed by atoms with Gasteiger partial charge in [0.1, 0.15) is 0 Å². The van der Waals surface area contributed by atoms with Crippen molar-refractivity contribution in [3.05, 3.63) is 39.9 Å². The summed E-state index contributed by atoms with van der Waals surface area (Å²) in [7, 11) is 0. The minimum atomic E-state index is -0.373. The molecule has 2 nitrogen and oxygen atoms in total. The molecule has 1 rings (SSSR count). The second-order valence-corrected chi connectivity index (χ2v) is 4.04. The van der Waals surface area contributed by atoms with Crippen LogP contribution in [0, 0.1) is 0 Å². The Morgan fingerprint density at radius 2 is 2.00 bits per heavy atom. The van der Waals surface area contributed by atoms with E-state index in [0.717, 1.165) is 15.6 Å². The highest BCUT2D eigenvalue weighted by Gasteiger charge is 2.05. The van der Waals surface area contributed by atoms with Crippen molar-refractivity contribution in [1.82, 2.24) is 0 Å². The van der Waals surface area contributed by atoms with Gasteiger partial charge in [0.15, 0.2) is 0 Å². The van der Waals surface area contributed by atoms with Gasteiger partial charge in [-0.1, -0.05) is 28.1 Å². The third-order valence-electron chi connectivity index (χ3n) is 2.19. The fourth-order valence-corrected chi connectivity index (χ4v) is 1.52. The zero-order valence-corrected chi connectivity index (χ0v) is 9.76. The van der Waals surface area contributed by atoms with Crippen LogP contribution in [0.4, 0.5) is 0 Å². The number of hydrogen-bond donors (Lipinski definition) is 1. The second kappa shape index (κ2) is 4.42. The van der Waals surface area contributed by atoms with Gasteiger partial charge >= 0.3 is 0 Å². The van der Waals surface area contributed by atoms with Gasteiger partial charge in [-0.3, -0.25) is 4.79 Å². The standard InChI is InChI=1S/C11H12BrNO/c1-7(8(2)11(13)14)9-4-3-5-10(12)6-9/h3-6H,1-2H3,(H2,13,14). The van der Waals surface area contributed by atoms with Crippen molar-refractivity contribution >= 4 is 27.4 Å². The van der Waals surface area contributed by atoms with E-state index >= 15 is 0 Å². The van der Waals surface area contributed by atoms with Crippen LogP contribution in [0.5, 0.6) is 0 Å². The molecule has 1 aromatic carbocycles. The fourth-order valence-electron chi connectivity index (χ4n) is 1.12. The lowest BCUT2D eigenvalue weighted by atomic mass is 10.0. The van der Waals surface area contributed by atoms with Crippen molar-refractivity contribution < 1.29 is 4.79 Å². The van der Waals surface area contributed by atoms with Gasteiger partial charge in [0.2, 0.25) is 5.91 Å². The van der Waals surface area contributed by atoms with Crippen molar-refractivity contribution in [2.24, 2.45) is 5.73 Å². The summed E-state index contributed by atoms with van der Waals surface area (Å²) in [6.07, 6.45) is 0. The molecule has 1 amide bonds. The third-order valence-corrected chi connectivity index (χ3v) is 2.68. The Balaban J connectivity index is 3.18. The van der Waals surface area contributed by atoms with E-state index in [4.69, 9.17) is 5.73 Å². The average molecular weight is 254 g/mol. The zero-order valence-electron chi connectivity index (χ0n) is 8.17. The maximum Gasteiger partial charge on any atom is 0.244 e. The number of halogens is 1. The number of allylic oxidation sites excluding steroid dienone is 1. The van der Waals surface area contributed by atoms with Gasteiger partial charge in [-0.15, -0.1) is 0 Å². The first-order valence-electron chi connectivity index (χ1n) is 4.25. The quantitative estimate of drug-likeness (QED) is 0.810. The zero-order chi connectivity index (χ0) is 10.7. The molecule has 0 saturated carbocycles. The SMILES string of the molecule is CC(C(N)=O)=C(C)c1cccc(Br)c1. The molecule has 0 heterocycles. The van der Waals surface area contributed by atoms with E-state index in [1.807, 2.05) is 31.2 Å². The summed E-state index contributed by atoms with van der Waals surface area (Å²) in [6, 6.07) is 7.78. The van der Waals surface area contributed by atoms with Crippen LogP contribution in [0.3, 0.4) is 0 Å². The molecule has 3 heteroatoms. The number of nitrogens with two attached hydrogens (primary N) is 1. The van der Waals surface area contributed by atoms with E-state index in [-0.39, 0.29) is 5.91 Å². The van der Waals surface area contributed by atoms with E-state index < -0.39 is 0 Å². The maximum atomic E-state index is 11.0. The summed E-state index contributed by atoms with van der Waals surface area (Å²) in [5.41, 5.74) is 7.73. The summed E-state index contributed by atoms with van der Waals surface area (Å²) >= 11 is 3.38. The smallest absolute Gasteiger partial charge is 0.244 e. The monoisotopic (exact) mass is 253 g/mol. The number of carbonyl (C=O) groups excluding carboxylic acids is 1. The van der Waals surface area contributed by atoms with Gasteiger partial charge in [0.05, 0.1) is 0 Å². The van der Waals surface area contributed by atoms with Crippen molar-refractivity contribution in [2.45, 2.75) is 13.8 Å². The molecular formula is C11H12BrNO. The van der Waals surface area contributed by atoms with Crippen LogP contribution in [0.25, 0.3) is 5.57 Å². The molecule has 0 unspecified atom stereocenters. The molecule has 0 bridgehead atoms. The summed E-state index contributed by atoms with van der Waals surface area (Å²) in [6.45, 7) is 3.63. The van der Waals surface area contributed by atoms with Gasteiger partial charge < -0.3 is 5.73 Å². The minimum absolute atomic E-state index is 0.373. The van der Waals surface area contributed by atoms with Crippen molar-refractivity contribution in [3.63, 3.8) is 0 Å².